The van der Waals surface area contributed by atoms with Crippen molar-refractivity contribution in [3.63, 3.8) is 0 Å². The number of imidazole rings is 1. The third kappa shape index (κ3) is 2.22. The summed E-state index contributed by atoms with van der Waals surface area (Å²) >= 11 is 0. The standard InChI is InChI=1S/C14H13N3O2/c1-17(9-13-15-6-7-16-13)14(18)12-8-10-4-2-3-5-11(10)19-12/h2-8H,9H2,1H3,(H,15,16). The number of rotatable bonds is 3. The summed E-state index contributed by atoms with van der Waals surface area (Å²) in [5.74, 6) is 0.926. The van der Waals surface area contributed by atoms with Gasteiger partial charge in [0.1, 0.15) is 11.4 Å². The lowest BCUT2D eigenvalue weighted by atomic mass is 10.2. The smallest absolute Gasteiger partial charge is 0.289 e. The zero-order chi connectivity index (χ0) is 13.2. The first kappa shape index (κ1) is 11.5. The van der Waals surface area contributed by atoms with Crippen LogP contribution in [0.3, 0.4) is 0 Å². The topological polar surface area (TPSA) is 62.1 Å². The van der Waals surface area contributed by atoms with Crippen molar-refractivity contribution in [2.24, 2.45) is 0 Å². The number of nitrogens with one attached hydrogen (secondary N) is 1. The minimum Gasteiger partial charge on any atom is -0.451 e. The van der Waals surface area contributed by atoms with Gasteiger partial charge in [0.15, 0.2) is 5.76 Å². The van der Waals surface area contributed by atoms with Crippen LogP contribution in [0.1, 0.15) is 16.4 Å². The maximum Gasteiger partial charge on any atom is 0.289 e. The Morgan fingerprint density at radius 2 is 2.26 bits per heavy atom. The number of hydrogen-bond donors (Lipinski definition) is 1. The van der Waals surface area contributed by atoms with E-state index in [1.807, 2.05) is 24.3 Å². The van der Waals surface area contributed by atoms with Crippen LogP contribution < -0.4 is 0 Å². The van der Waals surface area contributed by atoms with Gasteiger partial charge < -0.3 is 14.3 Å². The highest BCUT2D eigenvalue weighted by molar-refractivity contribution is 5.95. The number of benzene rings is 1. The van der Waals surface area contributed by atoms with Crippen molar-refractivity contribution in [2.45, 2.75) is 6.54 Å². The third-order valence-electron chi connectivity index (χ3n) is 2.92. The SMILES string of the molecule is CN(Cc1ncc[nH]1)C(=O)c1cc2ccccc2o1. The molecule has 3 rings (SSSR count). The normalized spacial score (nSPS) is 10.8. The van der Waals surface area contributed by atoms with Gasteiger partial charge in [-0.2, -0.15) is 0 Å². The molecule has 0 unspecified atom stereocenters. The number of amides is 1. The van der Waals surface area contributed by atoms with Crippen molar-refractivity contribution < 1.29 is 9.21 Å². The Kier molecular flexibility index (Phi) is 2.79. The molecule has 0 spiro atoms. The fraction of sp³-hybridized carbons (Fsp3) is 0.143. The van der Waals surface area contributed by atoms with Crippen LogP contribution in [0.2, 0.25) is 0 Å². The summed E-state index contributed by atoms with van der Waals surface area (Å²) in [6.45, 7) is 0.420. The Morgan fingerprint density at radius 1 is 1.42 bits per heavy atom. The molecule has 0 aliphatic rings. The first-order chi connectivity index (χ1) is 9.24. The molecule has 1 aromatic carbocycles. The molecule has 19 heavy (non-hydrogen) atoms. The summed E-state index contributed by atoms with van der Waals surface area (Å²) < 4.78 is 5.55. The number of carbonyl (C=O) groups is 1. The maximum absolute atomic E-state index is 12.2. The van der Waals surface area contributed by atoms with Crippen LogP contribution in [0.4, 0.5) is 0 Å². The summed E-state index contributed by atoms with van der Waals surface area (Å²) in [7, 11) is 1.72. The average molecular weight is 255 g/mol. The Hall–Kier alpha value is -2.56. The average Bonchev–Trinajstić information content (AvgIpc) is 3.05. The van der Waals surface area contributed by atoms with Crippen LogP contribution in [-0.2, 0) is 6.54 Å². The van der Waals surface area contributed by atoms with E-state index >= 15 is 0 Å². The number of nitrogens with zero attached hydrogens (tertiary/aromatic N) is 2. The number of fused-ring (bicyclic) bond motifs is 1. The van der Waals surface area contributed by atoms with Crippen LogP contribution in [0.5, 0.6) is 0 Å². The molecule has 0 saturated heterocycles. The summed E-state index contributed by atoms with van der Waals surface area (Å²) in [5.41, 5.74) is 0.720. The molecule has 2 heterocycles. The van der Waals surface area contributed by atoms with Gasteiger partial charge in [0.2, 0.25) is 0 Å². The molecule has 0 aliphatic heterocycles. The minimum atomic E-state index is -0.160. The lowest BCUT2D eigenvalue weighted by molar-refractivity contribution is 0.0752. The number of furan rings is 1. The van der Waals surface area contributed by atoms with E-state index in [9.17, 15) is 4.79 Å². The molecular weight excluding hydrogens is 242 g/mol. The van der Waals surface area contributed by atoms with E-state index in [0.29, 0.717) is 12.3 Å². The van der Waals surface area contributed by atoms with E-state index in [4.69, 9.17) is 4.42 Å². The molecule has 2 aromatic heterocycles. The quantitative estimate of drug-likeness (QED) is 0.781. The van der Waals surface area contributed by atoms with Gasteiger partial charge in [-0.3, -0.25) is 4.79 Å². The van der Waals surface area contributed by atoms with Crippen molar-refractivity contribution in [3.8, 4) is 0 Å². The zero-order valence-electron chi connectivity index (χ0n) is 10.5. The van der Waals surface area contributed by atoms with Crippen LogP contribution >= 0.6 is 0 Å². The lowest BCUT2D eigenvalue weighted by Gasteiger charge is -2.13. The molecule has 3 aromatic rings. The summed E-state index contributed by atoms with van der Waals surface area (Å²) in [6.07, 6.45) is 3.39. The fourth-order valence-corrected chi connectivity index (χ4v) is 1.96. The molecule has 0 aliphatic carbocycles. The molecule has 1 N–H and O–H groups in total. The van der Waals surface area contributed by atoms with E-state index in [-0.39, 0.29) is 5.91 Å². The number of para-hydroxylation sites is 1. The lowest BCUT2D eigenvalue weighted by Crippen LogP contribution is -2.26. The summed E-state index contributed by atoms with van der Waals surface area (Å²) in [6, 6.07) is 9.32. The second-order valence-electron chi connectivity index (χ2n) is 4.35. The van der Waals surface area contributed by atoms with Crippen molar-refractivity contribution in [1.82, 2.24) is 14.9 Å². The molecule has 96 valence electrons. The van der Waals surface area contributed by atoms with Crippen LogP contribution in [0.25, 0.3) is 11.0 Å². The van der Waals surface area contributed by atoms with Crippen LogP contribution in [0, 0.1) is 0 Å². The van der Waals surface area contributed by atoms with Crippen molar-refractivity contribution in [1.29, 1.82) is 0 Å². The fourth-order valence-electron chi connectivity index (χ4n) is 1.96. The third-order valence-corrected chi connectivity index (χ3v) is 2.92. The molecular formula is C14H13N3O2. The largest absolute Gasteiger partial charge is 0.451 e. The zero-order valence-corrected chi connectivity index (χ0v) is 10.5. The molecule has 0 atom stereocenters. The first-order valence-electron chi connectivity index (χ1n) is 5.96. The number of carbonyl (C=O) groups excluding carboxylic acids is 1. The van der Waals surface area contributed by atoms with Gasteiger partial charge in [-0.05, 0) is 12.1 Å². The highest BCUT2D eigenvalue weighted by Gasteiger charge is 2.17. The second kappa shape index (κ2) is 4.61. The molecule has 0 radical (unpaired) electrons. The number of hydrogen-bond acceptors (Lipinski definition) is 3. The molecule has 1 amide bonds. The minimum absolute atomic E-state index is 0.160. The molecule has 5 nitrogen and oxygen atoms in total. The van der Waals surface area contributed by atoms with E-state index in [2.05, 4.69) is 9.97 Å². The summed E-state index contributed by atoms with van der Waals surface area (Å²) in [4.78, 5) is 20.9. The molecule has 0 saturated carbocycles. The molecule has 0 bridgehead atoms. The van der Waals surface area contributed by atoms with Gasteiger partial charge in [0.05, 0.1) is 6.54 Å². The number of aromatic nitrogens is 2. The highest BCUT2D eigenvalue weighted by atomic mass is 16.3. The Balaban J connectivity index is 1.82. The first-order valence-corrected chi connectivity index (χ1v) is 5.96. The Labute approximate surface area is 109 Å². The Morgan fingerprint density at radius 3 is 3.00 bits per heavy atom. The van der Waals surface area contributed by atoms with Gasteiger partial charge in [0.25, 0.3) is 5.91 Å². The Bertz CT molecular complexity index is 667. The monoisotopic (exact) mass is 255 g/mol. The van der Waals surface area contributed by atoms with Crippen molar-refractivity contribution in [2.75, 3.05) is 7.05 Å². The maximum atomic E-state index is 12.2. The van der Waals surface area contributed by atoms with Crippen molar-refractivity contribution >= 4 is 16.9 Å². The molecule has 0 fully saturated rings. The predicted octanol–water partition coefficient (Wildman–Crippen LogP) is 2.43. The van der Waals surface area contributed by atoms with E-state index in [1.165, 1.54) is 0 Å². The van der Waals surface area contributed by atoms with Crippen LogP contribution in [-0.4, -0.2) is 27.8 Å². The van der Waals surface area contributed by atoms with Crippen LogP contribution in [0.15, 0.2) is 47.1 Å². The van der Waals surface area contributed by atoms with Crippen molar-refractivity contribution in [3.05, 3.63) is 54.3 Å². The van der Waals surface area contributed by atoms with E-state index in [0.717, 1.165) is 16.8 Å². The van der Waals surface area contributed by atoms with Gasteiger partial charge in [-0.25, -0.2) is 4.98 Å². The highest BCUT2D eigenvalue weighted by Crippen LogP contribution is 2.20. The molecule has 5 heteroatoms. The summed E-state index contributed by atoms with van der Waals surface area (Å²) in [5, 5.41) is 0.928. The predicted molar refractivity (Wildman–Crippen MR) is 70.6 cm³/mol. The van der Waals surface area contributed by atoms with Gasteiger partial charge in [-0.15, -0.1) is 0 Å². The number of H-pyrrole nitrogens is 1. The van der Waals surface area contributed by atoms with E-state index in [1.54, 1.807) is 30.4 Å². The number of aromatic amines is 1. The second-order valence-corrected chi connectivity index (χ2v) is 4.35. The van der Waals surface area contributed by atoms with Gasteiger partial charge in [0, 0.05) is 24.8 Å². The van der Waals surface area contributed by atoms with Gasteiger partial charge in [-0.1, -0.05) is 18.2 Å². The van der Waals surface area contributed by atoms with E-state index < -0.39 is 0 Å². The van der Waals surface area contributed by atoms with Gasteiger partial charge >= 0.3 is 0 Å².